The van der Waals surface area contributed by atoms with E-state index in [1.807, 2.05) is 6.26 Å². The van der Waals surface area contributed by atoms with Gasteiger partial charge in [0.1, 0.15) is 10.1 Å². The van der Waals surface area contributed by atoms with Gasteiger partial charge < -0.3 is 9.47 Å². The summed E-state index contributed by atoms with van der Waals surface area (Å²) in [6.07, 6.45) is 3.55. The minimum atomic E-state index is -0.420. The summed E-state index contributed by atoms with van der Waals surface area (Å²) in [4.78, 5) is 27.0. The molecule has 1 aliphatic heterocycles. The normalized spacial score (nSPS) is 16.0. The van der Waals surface area contributed by atoms with Crippen LogP contribution in [0.1, 0.15) is 12.5 Å². The van der Waals surface area contributed by atoms with Gasteiger partial charge in [0.25, 0.3) is 0 Å². The number of ether oxygens (including phenoxy) is 2. The van der Waals surface area contributed by atoms with Crippen LogP contribution in [-0.2, 0) is 9.59 Å². The second kappa shape index (κ2) is 6.82. The highest BCUT2D eigenvalue weighted by Gasteiger charge is 2.21. The lowest BCUT2D eigenvalue weighted by atomic mass is 10.1. The van der Waals surface area contributed by atoms with Crippen molar-refractivity contribution in [2.45, 2.75) is 6.92 Å². The van der Waals surface area contributed by atoms with Crippen LogP contribution < -0.4 is 9.47 Å². The van der Waals surface area contributed by atoms with Crippen molar-refractivity contribution in [3.8, 4) is 11.5 Å². The highest BCUT2D eigenvalue weighted by Crippen LogP contribution is 2.32. The van der Waals surface area contributed by atoms with Crippen LogP contribution in [-0.4, -0.2) is 28.8 Å². The molecule has 0 saturated heterocycles. The van der Waals surface area contributed by atoms with Gasteiger partial charge in [-0.1, -0.05) is 6.07 Å². The number of hydrogen-bond donors (Lipinski definition) is 0. The average molecular weight is 323 g/mol. The number of benzene rings is 1. The Morgan fingerprint density at radius 2 is 2.14 bits per heavy atom. The second-order valence-electron chi connectivity index (χ2n) is 4.00. The third kappa shape index (κ3) is 3.89. The number of nitrogens with zero attached hydrogens (tertiary/aromatic N) is 1. The number of aliphatic imine (C=N–C) groups is 1. The van der Waals surface area contributed by atoms with Gasteiger partial charge in [-0.2, -0.15) is 0 Å². The van der Waals surface area contributed by atoms with Gasteiger partial charge in [-0.05, 0) is 41.8 Å². The van der Waals surface area contributed by atoms with E-state index >= 15 is 0 Å². The minimum Gasteiger partial charge on any atom is -0.493 e. The van der Waals surface area contributed by atoms with E-state index in [9.17, 15) is 9.59 Å². The maximum absolute atomic E-state index is 11.8. The molecule has 0 atom stereocenters. The van der Waals surface area contributed by atoms with Crippen LogP contribution >= 0.6 is 23.5 Å². The molecule has 0 aromatic heterocycles. The summed E-state index contributed by atoms with van der Waals surface area (Å²) in [6, 6.07) is 5.05. The van der Waals surface area contributed by atoms with Crippen LogP contribution in [0.25, 0.3) is 6.08 Å². The van der Waals surface area contributed by atoms with Gasteiger partial charge in [-0.15, -0.1) is 11.8 Å². The molecule has 1 aromatic rings. The van der Waals surface area contributed by atoms with Gasteiger partial charge >= 0.3 is 5.97 Å². The van der Waals surface area contributed by atoms with Crippen molar-refractivity contribution < 1.29 is 19.1 Å². The lowest BCUT2D eigenvalue weighted by Crippen LogP contribution is -2.03. The van der Waals surface area contributed by atoms with Crippen LogP contribution in [0.5, 0.6) is 11.5 Å². The smallest absolute Gasteiger partial charge is 0.308 e. The Bertz CT molecular complexity index is 652. The Morgan fingerprint density at radius 1 is 1.38 bits per heavy atom. The Labute approximate surface area is 130 Å². The zero-order valence-corrected chi connectivity index (χ0v) is 13.3. The van der Waals surface area contributed by atoms with Gasteiger partial charge in [0.05, 0.1) is 7.11 Å². The van der Waals surface area contributed by atoms with Crippen LogP contribution in [0.2, 0.25) is 0 Å². The molecule has 0 radical (unpaired) electrons. The molecule has 21 heavy (non-hydrogen) atoms. The van der Waals surface area contributed by atoms with Gasteiger partial charge in [0.2, 0.25) is 5.12 Å². The molecule has 2 rings (SSSR count). The maximum atomic E-state index is 11.8. The minimum absolute atomic E-state index is 0.0811. The molecule has 0 N–H and O–H groups in total. The molecule has 110 valence electrons. The molecule has 1 heterocycles. The summed E-state index contributed by atoms with van der Waals surface area (Å²) in [5, 5.41) is -0.0811. The molecule has 0 amide bonds. The molecule has 5 nitrogen and oxygen atoms in total. The van der Waals surface area contributed by atoms with Crippen LogP contribution in [0.3, 0.4) is 0 Å². The molecule has 1 aliphatic rings. The number of methoxy groups -OCH3 is 1. The molecule has 0 spiro atoms. The van der Waals surface area contributed by atoms with Crippen molar-refractivity contribution in [1.29, 1.82) is 0 Å². The van der Waals surface area contributed by atoms with E-state index in [2.05, 4.69) is 4.99 Å². The quantitative estimate of drug-likeness (QED) is 0.484. The predicted octanol–water partition coefficient (Wildman–Crippen LogP) is 2.95. The van der Waals surface area contributed by atoms with E-state index in [4.69, 9.17) is 9.47 Å². The number of esters is 1. The number of carbonyl (C=O) groups excluding carboxylic acids is 2. The topological polar surface area (TPSA) is 65.0 Å². The highest BCUT2D eigenvalue weighted by molar-refractivity contribution is 8.45. The fourth-order valence-electron chi connectivity index (χ4n) is 1.65. The SMILES string of the molecule is COc1cc(C=C2N=C(SC)SC2=O)ccc1OC(C)=O. The average Bonchev–Trinajstić information content (AvgIpc) is 2.80. The van der Waals surface area contributed by atoms with Gasteiger partial charge in [0, 0.05) is 6.92 Å². The van der Waals surface area contributed by atoms with Crippen molar-refractivity contribution in [2.75, 3.05) is 13.4 Å². The summed E-state index contributed by atoms with van der Waals surface area (Å²) < 4.78 is 10.9. The van der Waals surface area contributed by atoms with E-state index in [1.165, 1.54) is 25.8 Å². The van der Waals surface area contributed by atoms with E-state index in [-0.39, 0.29) is 5.12 Å². The first-order valence-corrected chi connectivity index (χ1v) is 8.00. The molecule has 0 aliphatic carbocycles. The monoisotopic (exact) mass is 323 g/mol. The number of thioether (sulfide) groups is 2. The Kier molecular flexibility index (Phi) is 5.08. The molecular weight excluding hydrogens is 310 g/mol. The third-order valence-corrected chi connectivity index (χ3v) is 4.37. The first-order chi connectivity index (χ1) is 10.0. The van der Waals surface area contributed by atoms with Crippen molar-refractivity contribution in [2.24, 2.45) is 4.99 Å². The molecule has 0 saturated carbocycles. The van der Waals surface area contributed by atoms with Gasteiger partial charge in [0.15, 0.2) is 11.5 Å². The second-order valence-corrected chi connectivity index (χ2v) is 6.02. The molecule has 7 heteroatoms. The first-order valence-electron chi connectivity index (χ1n) is 5.96. The van der Waals surface area contributed by atoms with Crippen LogP contribution in [0, 0.1) is 0 Å². The van der Waals surface area contributed by atoms with E-state index in [0.29, 0.717) is 17.2 Å². The fraction of sp³-hybridized carbons (Fsp3) is 0.214. The molecule has 1 aromatic carbocycles. The van der Waals surface area contributed by atoms with Gasteiger partial charge in [-0.3, -0.25) is 9.59 Å². The molecule has 0 bridgehead atoms. The number of carbonyl (C=O) groups is 2. The molecular formula is C14H13NO4S2. The number of hydrogen-bond acceptors (Lipinski definition) is 7. The van der Waals surface area contributed by atoms with E-state index < -0.39 is 5.97 Å². The maximum Gasteiger partial charge on any atom is 0.308 e. The summed E-state index contributed by atoms with van der Waals surface area (Å²) in [7, 11) is 1.49. The lowest BCUT2D eigenvalue weighted by molar-refractivity contribution is -0.132. The lowest BCUT2D eigenvalue weighted by Gasteiger charge is -2.08. The largest absolute Gasteiger partial charge is 0.493 e. The summed E-state index contributed by atoms with van der Waals surface area (Å²) in [6.45, 7) is 1.32. The summed E-state index contributed by atoms with van der Waals surface area (Å²) in [5.41, 5.74) is 1.14. The van der Waals surface area contributed by atoms with Crippen LogP contribution in [0.15, 0.2) is 28.9 Å². The van der Waals surface area contributed by atoms with E-state index in [0.717, 1.165) is 21.7 Å². The summed E-state index contributed by atoms with van der Waals surface area (Å²) in [5.74, 6) is 0.343. The Morgan fingerprint density at radius 3 is 2.71 bits per heavy atom. The Hall–Kier alpha value is -1.73. The molecule has 0 fully saturated rings. The van der Waals surface area contributed by atoms with Crippen LogP contribution in [0.4, 0.5) is 0 Å². The Balaban J connectivity index is 2.31. The van der Waals surface area contributed by atoms with Gasteiger partial charge in [-0.25, -0.2) is 4.99 Å². The standard InChI is InChI=1S/C14H13NO4S2/c1-8(16)19-11-5-4-9(7-12(11)18-2)6-10-13(17)21-14(15-10)20-3/h4-7H,1-3H3. The predicted molar refractivity (Wildman–Crippen MR) is 85.8 cm³/mol. The van der Waals surface area contributed by atoms with Crippen molar-refractivity contribution in [1.82, 2.24) is 0 Å². The fourth-order valence-corrected chi connectivity index (χ4v) is 2.91. The third-order valence-electron chi connectivity index (χ3n) is 2.52. The first kappa shape index (κ1) is 15.7. The zero-order chi connectivity index (χ0) is 15.4. The van der Waals surface area contributed by atoms with Crippen molar-refractivity contribution in [3.63, 3.8) is 0 Å². The number of rotatable bonds is 3. The van der Waals surface area contributed by atoms with Crippen molar-refractivity contribution >= 4 is 45.1 Å². The van der Waals surface area contributed by atoms with Crippen molar-refractivity contribution in [3.05, 3.63) is 29.5 Å². The highest BCUT2D eigenvalue weighted by atomic mass is 32.2. The molecule has 0 unspecified atom stereocenters. The van der Waals surface area contributed by atoms with E-state index in [1.54, 1.807) is 24.3 Å². The summed E-state index contributed by atoms with van der Waals surface area (Å²) >= 11 is 2.56. The zero-order valence-electron chi connectivity index (χ0n) is 11.7.